The minimum Gasteiger partial charge on any atom is -0.480 e. The summed E-state index contributed by atoms with van der Waals surface area (Å²) in [6.07, 6.45) is 2.27. The molecule has 0 bridgehead atoms. The third kappa shape index (κ3) is 6.71. The van der Waals surface area contributed by atoms with Gasteiger partial charge in [0.15, 0.2) is 5.69 Å². The number of amides is 3. The van der Waals surface area contributed by atoms with Gasteiger partial charge in [0.25, 0.3) is 11.8 Å². The van der Waals surface area contributed by atoms with Crippen molar-refractivity contribution in [3.8, 4) is 0 Å². The second-order valence-corrected chi connectivity index (χ2v) is 10.3. The van der Waals surface area contributed by atoms with Crippen molar-refractivity contribution in [3.05, 3.63) is 17.5 Å². The number of carbonyl (C=O) groups is 4. The summed E-state index contributed by atoms with van der Waals surface area (Å²) >= 11 is 0. The van der Waals surface area contributed by atoms with E-state index in [2.05, 4.69) is 10.4 Å². The monoisotopic (exact) mass is 492 g/mol. The molecule has 2 unspecified atom stereocenters. The van der Waals surface area contributed by atoms with E-state index in [1.165, 1.54) is 17.7 Å². The highest BCUT2D eigenvalue weighted by molar-refractivity contribution is 5.98. The van der Waals surface area contributed by atoms with Crippen molar-refractivity contribution in [2.45, 2.75) is 71.2 Å². The summed E-state index contributed by atoms with van der Waals surface area (Å²) in [6, 6.07) is -0.612. The first-order valence-electron chi connectivity index (χ1n) is 12.0. The van der Waals surface area contributed by atoms with Gasteiger partial charge in [-0.05, 0) is 52.9 Å². The summed E-state index contributed by atoms with van der Waals surface area (Å²) < 4.78 is 6.95. The van der Waals surface area contributed by atoms with Crippen molar-refractivity contribution in [2.75, 3.05) is 26.2 Å². The largest absolute Gasteiger partial charge is 0.480 e. The smallest absolute Gasteiger partial charge is 0.410 e. The van der Waals surface area contributed by atoms with Crippen molar-refractivity contribution in [1.29, 1.82) is 0 Å². The number of hydrogen-bond acceptors (Lipinski definition) is 7. The van der Waals surface area contributed by atoms with E-state index < -0.39 is 29.6 Å². The molecule has 1 saturated heterocycles. The third-order valence-corrected chi connectivity index (χ3v) is 6.36. The molecule has 194 valence electrons. The Morgan fingerprint density at radius 1 is 1.23 bits per heavy atom. The van der Waals surface area contributed by atoms with Gasteiger partial charge >= 0.3 is 12.1 Å². The number of likely N-dealkylation sites (tertiary alicyclic amines) is 1. The number of aliphatic carboxylic acids is 1. The molecule has 3 heterocycles. The second kappa shape index (κ2) is 10.6. The van der Waals surface area contributed by atoms with Crippen LogP contribution in [0.2, 0.25) is 0 Å². The Balaban J connectivity index is 1.50. The van der Waals surface area contributed by atoms with Gasteiger partial charge in [0.05, 0.1) is 12.6 Å². The number of carboxylic acids is 1. The predicted molar refractivity (Wildman–Crippen MR) is 126 cm³/mol. The number of nitrogens with zero attached hydrogens (tertiary/aromatic N) is 4. The Bertz CT molecular complexity index is 962. The van der Waals surface area contributed by atoms with Gasteiger partial charge in [0.2, 0.25) is 0 Å². The van der Waals surface area contributed by atoms with Gasteiger partial charge < -0.3 is 30.7 Å². The first-order chi connectivity index (χ1) is 16.4. The van der Waals surface area contributed by atoms with Crippen LogP contribution in [0, 0.1) is 5.92 Å². The molecule has 0 aromatic carbocycles. The molecule has 1 fully saturated rings. The molecular formula is C23H36N6O6. The number of nitrogens with two attached hydrogens (primary N) is 1. The molecule has 0 radical (unpaired) electrons. The van der Waals surface area contributed by atoms with E-state index in [1.807, 2.05) is 20.8 Å². The van der Waals surface area contributed by atoms with Crippen LogP contribution in [-0.4, -0.2) is 92.4 Å². The molecule has 35 heavy (non-hydrogen) atoms. The normalized spacial score (nSPS) is 18.6. The van der Waals surface area contributed by atoms with Crippen molar-refractivity contribution in [3.63, 3.8) is 0 Å². The average Bonchev–Trinajstić information content (AvgIpc) is 3.22. The lowest BCUT2D eigenvalue weighted by atomic mass is 9.93. The standard InChI is InChI=1S/C23H36N6O6/c1-14(18(24)21(32)33)25-19(30)16-13-17-20(31)27(11-12-29(17)26-16)8-5-15-6-9-28(10-7-15)22(34)35-23(2,3)4/h13-15,18H,5-12,24H2,1-4H3,(H,25,30)(H,32,33). The highest BCUT2D eigenvalue weighted by atomic mass is 16.6. The molecule has 0 saturated carbocycles. The van der Waals surface area contributed by atoms with Crippen molar-refractivity contribution in [2.24, 2.45) is 11.7 Å². The van der Waals surface area contributed by atoms with Gasteiger partial charge in [0, 0.05) is 32.2 Å². The summed E-state index contributed by atoms with van der Waals surface area (Å²) in [5, 5.41) is 15.7. The minimum absolute atomic E-state index is 0.0501. The highest BCUT2D eigenvalue weighted by Gasteiger charge is 2.31. The maximum Gasteiger partial charge on any atom is 0.410 e. The fraction of sp³-hybridized carbons (Fsp3) is 0.696. The molecule has 0 spiro atoms. The van der Waals surface area contributed by atoms with E-state index in [1.54, 1.807) is 9.80 Å². The number of carbonyl (C=O) groups excluding carboxylic acids is 3. The Morgan fingerprint density at radius 2 is 1.89 bits per heavy atom. The Kier molecular flexibility index (Phi) is 8.04. The number of fused-ring (bicyclic) bond motifs is 1. The van der Waals surface area contributed by atoms with Gasteiger partial charge in [-0.2, -0.15) is 5.10 Å². The Morgan fingerprint density at radius 3 is 2.49 bits per heavy atom. The van der Waals surface area contributed by atoms with E-state index in [9.17, 15) is 19.2 Å². The van der Waals surface area contributed by atoms with Crippen LogP contribution < -0.4 is 11.1 Å². The van der Waals surface area contributed by atoms with Gasteiger partial charge in [0.1, 0.15) is 17.3 Å². The summed E-state index contributed by atoms with van der Waals surface area (Å²) in [5.74, 6) is -1.57. The number of ether oxygens (including phenoxy) is 1. The highest BCUT2D eigenvalue weighted by Crippen LogP contribution is 2.24. The molecule has 12 nitrogen and oxygen atoms in total. The van der Waals surface area contributed by atoms with E-state index in [0.717, 1.165) is 19.3 Å². The van der Waals surface area contributed by atoms with E-state index in [0.29, 0.717) is 44.3 Å². The first-order valence-corrected chi connectivity index (χ1v) is 12.0. The lowest BCUT2D eigenvalue weighted by Gasteiger charge is -2.34. The van der Waals surface area contributed by atoms with Crippen LogP contribution in [0.5, 0.6) is 0 Å². The average molecular weight is 493 g/mol. The zero-order valence-electron chi connectivity index (χ0n) is 20.8. The maximum atomic E-state index is 13.0. The molecule has 2 aliphatic heterocycles. The number of piperidine rings is 1. The van der Waals surface area contributed by atoms with Crippen molar-refractivity contribution < 1.29 is 29.0 Å². The van der Waals surface area contributed by atoms with E-state index in [-0.39, 0.29) is 17.7 Å². The summed E-state index contributed by atoms with van der Waals surface area (Å²) in [7, 11) is 0. The molecule has 12 heteroatoms. The fourth-order valence-corrected chi connectivity index (χ4v) is 4.22. The number of carboxylic acid groups (broad SMARTS) is 1. The van der Waals surface area contributed by atoms with Crippen LogP contribution in [0.15, 0.2) is 6.07 Å². The Labute approximate surface area is 204 Å². The van der Waals surface area contributed by atoms with Crippen LogP contribution >= 0.6 is 0 Å². The van der Waals surface area contributed by atoms with Gasteiger partial charge in [-0.3, -0.25) is 19.1 Å². The topological polar surface area (TPSA) is 160 Å². The summed E-state index contributed by atoms with van der Waals surface area (Å²) in [5.41, 5.74) is 5.40. The molecule has 4 N–H and O–H groups in total. The number of hydrogen-bond donors (Lipinski definition) is 3. The molecular weight excluding hydrogens is 456 g/mol. The molecule has 2 atom stereocenters. The van der Waals surface area contributed by atoms with Crippen LogP contribution in [-0.2, 0) is 16.1 Å². The maximum absolute atomic E-state index is 13.0. The lowest BCUT2D eigenvalue weighted by Crippen LogP contribution is -2.50. The molecule has 2 aliphatic rings. The van der Waals surface area contributed by atoms with E-state index in [4.69, 9.17) is 15.6 Å². The molecule has 1 aromatic heterocycles. The first kappa shape index (κ1) is 26.5. The number of aromatic nitrogens is 2. The molecule has 1 aromatic rings. The summed E-state index contributed by atoms with van der Waals surface area (Å²) in [4.78, 5) is 52.2. The van der Waals surface area contributed by atoms with Gasteiger partial charge in [-0.25, -0.2) is 4.79 Å². The Hall–Kier alpha value is -3.15. The zero-order chi connectivity index (χ0) is 25.9. The minimum atomic E-state index is -1.25. The fourth-order valence-electron chi connectivity index (χ4n) is 4.22. The predicted octanol–water partition coefficient (Wildman–Crippen LogP) is 0.906. The molecule has 0 aliphatic carbocycles. The van der Waals surface area contributed by atoms with Gasteiger partial charge in [-0.1, -0.05) is 0 Å². The quantitative estimate of drug-likeness (QED) is 0.506. The number of nitrogens with one attached hydrogen (secondary N) is 1. The second-order valence-electron chi connectivity index (χ2n) is 10.3. The lowest BCUT2D eigenvalue weighted by molar-refractivity contribution is -0.139. The van der Waals surface area contributed by atoms with Crippen molar-refractivity contribution in [1.82, 2.24) is 24.9 Å². The molecule has 3 amide bonds. The van der Waals surface area contributed by atoms with Crippen LogP contribution in [0.3, 0.4) is 0 Å². The van der Waals surface area contributed by atoms with Crippen LogP contribution in [0.1, 0.15) is 67.9 Å². The van der Waals surface area contributed by atoms with Crippen molar-refractivity contribution >= 4 is 23.9 Å². The molecule has 3 rings (SSSR count). The zero-order valence-corrected chi connectivity index (χ0v) is 20.8. The van der Waals surface area contributed by atoms with E-state index >= 15 is 0 Å². The van der Waals surface area contributed by atoms with Crippen LogP contribution in [0.25, 0.3) is 0 Å². The summed E-state index contributed by atoms with van der Waals surface area (Å²) in [6.45, 7) is 9.88. The van der Waals surface area contributed by atoms with Crippen LogP contribution in [0.4, 0.5) is 4.79 Å². The number of rotatable bonds is 7. The SMILES string of the molecule is CC(NC(=O)c1cc2n(n1)CCN(CCC1CCN(C(=O)OC(C)(C)C)CC1)C2=O)C(N)C(=O)O. The third-order valence-electron chi connectivity index (χ3n) is 6.36. The van der Waals surface area contributed by atoms with Gasteiger partial charge in [-0.15, -0.1) is 0 Å².